The van der Waals surface area contributed by atoms with Crippen molar-refractivity contribution in [1.82, 2.24) is 4.98 Å². The topological polar surface area (TPSA) is 50.2 Å². The number of aliphatic hydroxyl groups excluding tert-OH is 1. The first-order chi connectivity index (χ1) is 24.7. The van der Waals surface area contributed by atoms with Gasteiger partial charge in [0, 0.05) is 49.7 Å². The van der Waals surface area contributed by atoms with Crippen LogP contribution < -0.4 is 5.19 Å². The molecule has 5 heteroatoms. The summed E-state index contributed by atoms with van der Waals surface area (Å²) >= 11 is 0. The van der Waals surface area contributed by atoms with Crippen molar-refractivity contribution in [1.29, 1.82) is 0 Å². The number of benzene rings is 6. The van der Waals surface area contributed by atoms with Crippen molar-refractivity contribution in [2.24, 2.45) is 17.3 Å². The third kappa shape index (κ3) is 7.81. The summed E-state index contributed by atoms with van der Waals surface area (Å²) in [7, 11) is -1.46. The van der Waals surface area contributed by atoms with Crippen LogP contribution in [0.25, 0.3) is 64.8 Å². The van der Waals surface area contributed by atoms with E-state index in [0.717, 1.165) is 43.0 Å². The minimum atomic E-state index is -1.46. The molecule has 7 rings (SSSR count). The predicted molar refractivity (Wildman–Crippen MR) is 229 cm³/mol. The van der Waals surface area contributed by atoms with Gasteiger partial charge in [0.2, 0.25) is 0 Å². The number of aromatic nitrogens is 1. The van der Waals surface area contributed by atoms with Crippen molar-refractivity contribution in [3.63, 3.8) is 0 Å². The van der Waals surface area contributed by atoms with Crippen molar-refractivity contribution >= 4 is 83.8 Å². The fraction of sp³-hybridized carbons (Fsp3) is 0.375. The first-order valence-corrected chi connectivity index (χ1v) is 22.9. The molecule has 1 heterocycles. The summed E-state index contributed by atoms with van der Waals surface area (Å²) in [5.41, 5.74) is 2.65. The summed E-state index contributed by atoms with van der Waals surface area (Å²) in [4.78, 5) is 16.8. The van der Waals surface area contributed by atoms with Crippen LogP contribution in [0, 0.1) is 23.3 Å². The summed E-state index contributed by atoms with van der Waals surface area (Å²) in [5.74, 6) is 0.547. The second kappa shape index (κ2) is 16.0. The molecule has 0 aliphatic carbocycles. The number of carbonyl (C=O) groups is 1. The average Bonchev–Trinajstić information content (AvgIpc) is 3.11. The van der Waals surface area contributed by atoms with E-state index in [-0.39, 0.29) is 48.9 Å². The molecule has 0 unspecified atom stereocenters. The Kier molecular flexibility index (Phi) is 12.2. The molecule has 0 saturated heterocycles. The Balaban J connectivity index is 0.000000290. The molecule has 279 valence electrons. The van der Waals surface area contributed by atoms with Gasteiger partial charge >= 0.3 is 0 Å². The molecule has 1 N–H and O–H groups in total. The number of hydrogen-bond donors (Lipinski definition) is 1. The standard InChI is InChI=1S/C35H32NSi.C13H24O2.Ir/c1-35(2,3)20-30-23-11-8-7-10-21(23)18-29-31(30)27-13-9-12-25-28-19-22(37(4,5)6)14-15-24(28)26-16-17-36-34(29)33(26)32(25)27;1-5-10(6-2)12(14)9-13(15)11(7-3)8-4;/h7-17,19H,20H2,1-6H3;9-11,14H,5-8H2,1-4H3;/q-1;;/b;12-9-;. The smallest absolute Gasteiger partial charge is 0.162 e. The molecule has 53 heavy (non-hydrogen) atoms. The second-order valence-corrected chi connectivity index (χ2v) is 22.0. The molecule has 7 aromatic rings. The van der Waals surface area contributed by atoms with Crippen molar-refractivity contribution in [2.45, 2.75) is 100 Å². The van der Waals surface area contributed by atoms with E-state index in [1.165, 1.54) is 70.7 Å². The summed E-state index contributed by atoms with van der Waals surface area (Å²) in [6.45, 7) is 22.4. The molecular formula is C48H56IrNO2Si-. The molecule has 0 amide bonds. The number of fused-ring (bicyclic) bond motifs is 7. The maximum Gasteiger partial charge on any atom is 0.162 e. The van der Waals surface area contributed by atoms with Gasteiger partial charge in [-0.3, -0.25) is 9.78 Å². The maximum absolute atomic E-state index is 11.7. The Labute approximate surface area is 331 Å². The van der Waals surface area contributed by atoms with Crippen LogP contribution in [0.1, 0.15) is 79.7 Å². The Bertz CT molecular complexity index is 2440. The number of ketones is 1. The van der Waals surface area contributed by atoms with Gasteiger partial charge < -0.3 is 5.11 Å². The predicted octanol–water partition coefficient (Wildman–Crippen LogP) is 13.2. The number of carbonyl (C=O) groups excluding carboxylic acids is 1. The quantitative estimate of drug-likeness (QED) is 0.0392. The van der Waals surface area contributed by atoms with Gasteiger partial charge in [-0.25, -0.2) is 0 Å². The van der Waals surface area contributed by atoms with Gasteiger partial charge in [-0.05, 0) is 81.3 Å². The Morgan fingerprint density at radius 2 is 1.38 bits per heavy atom. The fourth-order valence-electron chi connectivity index (χ4n) is 8.16. The molecule has 0 aliphatic heterocycles. The number of aliphatic hydroxyl groups is 1. The van der Waals surface area contributed by atoms with E-state index in [4.69, 9.17) is 4.98 Å². The van der Waals surface area contributed by atoms with Gasteiger partial charge in [0.15, 0.2) is 5.78 Å². The van der Waals surface area contributed by atoms with Crippen LogP contribution in [0.5, 0.6) is 0 Å². The molecule has 0 spiro atoms. The van der Waals surface area contributed by atoms with E-state index in [2.05, 4.69) is 113 Å². The second-order valence-electron chi connectivity index (χ2n) is 17.0. The zero-order valence-electron chi connectivity index (χ0n) is 33.3. The monoisotopic (exact) mass is 899 g/mol. The van der Waals surface area contributed by atoms with Crippen LogP contribution in [-0.4, -0.2) is 23.9 Å². The van der Waals surface area contributed by atoms with E-state index in [9.17, 15) is 9.90 Å². The maximum atomic E-state index is 11.7. The molecule has 1 aromatic heterocycles. The largest absolute Gasteiger partial charge is 0.512 e. The third-order valence-electron chi connectivity index (χ3n) is 11.1. The normalized spacial score (nSPS) is 12.8. The zero-order valence-corrected chi connectivity index (χ0v) is 36.7. The summed E-state index contributed by atoms with van der Waals surface area (Å²) in [5, 5.41) is 25.5. The van der Waals surface area contributed by atoms with Crippen LogP contribution in [0.15, 0.2) is 84.8 Å². The molecule has 0 atom stereocenters. The van der Waals surface area contributed by atoms with Crippen LogP contribution in [0.2, 0.25) is 19.6 Å². The van der Waals surface area contributed by atoms with E-state index in [1.807, 2.05) is 33.9 Å². The van der Waals surface area contributed by atoms with Crippen LogP contribution in [0.3, 0.4) is 0 Å². The first kappa shape index (κ1) is 40.5. The number of rotatable bonds is 9. The SMILES string of the molecule is CC(C)(C)Cc1c2ccccc2[c-]c2c3nccc4c5ccc([Si](C)(C)C)cc5c5cccc(c12)c5c43.CCC(CC)C(=O)/C=C(\O)C(CC)CC.[Ir]. The first-order valence-electron chi connectivity index (χ1n) is 19.4. The Morgan fingerprint density at radius 1 is 0.755 bits per heavy atom. The minimum absolute atomic E-state index is 0. The molecule has 0 saturated carbocycles. The number of allylic oxidation sites excluding steroid dienone is 2. The van der Waals surface area contributed by atoms with Gasteiger partial charge in [0.05, 0.1) is 13.8 Å². The van der Waals surface area contributed by atoms with E-state index in [0.29, 0.717) is 0 Å². The third-order valence-corrected chi connectivity index (χ3v) is 13.1. The van der Waals surface area contributed by atoms with E-state index >= 15 is 0 Å². The fourth-order valence-corrected chi connectivity index (χ4v) is 9.32. The summed E-state index contributed by atoms with van der Waals surface area (Å²) < 4.78 is 0. The molecule has 3 nitrogen and oxygen atoms in total. The molecule has 6 aromatic carbocycles. The number of hydrogen-bond acceptors (Lipinski definition) is 3. The molecule has 0 fully saturated rings. The van der Waals surface area contributed by atoms with E-state index < -0.39 is 8.07 Å². The van der Waals surface area contributed by atoms with E-state index in [1.54, 1.807) is 0 Å². The van der Waals surface area contributed by atoms with Crippen molar-refractivity contribution < 1.29 is 30.0 Å². The zero-order chi connectivity index (χ0) is 37.5. The molecular weight excluding hydrogens is 843 g/mol. The van der Waals surface area contributed by atoms with Gasteiger partial charge in [0.25, 0.3) is 0 Å². The molecule has 0 bridgehead atoms. The average molecular weight is 899 g/mol. The van der Waals surface area contributed by atoms with Gasteiger partial charge in [0.1, 0.15) is 0 Å². The Hall–Kier alpha value is -3.63. The van der Waals surface area contributed by atoms with Crippen LogP contribution in [-0.2, 0) is 31.3 Å². The molecule has 0 aliphatic rings. The van der Waals surface area contributed by atoms with Crippen molar-refractivity contribution in [3.05, 3.63) is 96.4 Å². The van der Waals surface area contributed by atoms with Crippen LogP contribution >= 0.6 is 0 Å². The minimum Gasteiger partial charge on any atom is -0.512 e. The number of nitrogens with zero attached hydrogens (tertiary/aromatic N) is 1. The summed E-state index contributed by atoms with van der Waals surface area (Å²) in [6.07, 6.45) is 7.91. The van der Waals surface area contributed by atoms with Crippen LogP contribution in [0.4, 0.5) is 0 Å². The Morgan fingerprint density at radius 3 is 2.02 bits per heavy atom. The number of pyridine rings is 1. The van der Waals surface area contributed by atoms with Crippen molar-refractivity contribution in [2.75, 3.05) is 0 Å². The van der Waals surface area contributed by atoms with Gasteiger partial charge in [-0.2, -0.15) is 0 Å². The summed E-state index contributed by atoms with van der Waals surface area (Å²) in [6, 6.07) is 28.9. The van der Waals surface area contributed by atoms with Gasteiger partial charge in [-0.1, -0.05) is 150 Å². The molecule has 1 radical (unpaired) electrons. The van der Waals surface area contributed by atoms with Gasteiger partial charge in [-0.15, -0.1) is 17.5 Å². The van der Waals surface area contributed by atoms with Crippen molar-refractivity contribution in [3.8, 4) is 0 Å².